The summed E-state index contributed by atoms with van der Waals surface area (Å²) < 4.78 is 5.01. The number of hydrogen-bond acceptors (Lipinski definition) is 5. The number of piperazine rings is 1. The number of rotatable bonds is 6. The van der Waals surface area contributed by atoms with E-state index in [4.69, 9.17) is 4.74 Å². The lowest BCUT2D eigenvalue weighted by Gasteiger charge is -2.37. The summed E-state index contributed by atoms with van der Waals surface area (Å²) >= 11 is 0. The number of nitrogens with one attached hydrogen (secondary N) is 1. The Hall–Kier alpha value is -2.60. The molecular weight excluding hydrogens is 340 g/mol. The van der Waals surface area contributed by atoms with Crippen molar-refractivity contribution in [2.75, 3.05) is 56.7 Å². The van der Waals surface area contributed by atoms with Gasteiger partial charge in [-0.25, -0.2) is 4.98 Å². The zero-order valence-corrected chi connectivity index (χ0v) is 16.4. The van der Waals surface area contributed by atoms with Crippen LogP contribution in [0, 0.1) is 13.8 Å². The van der Waals surface area contributed by atoms with Crippen LogP contribution in [-0.4, -0.2) is 62.2 Å². The van der Waals surface area contributed by atoms with Crippen LogP contribution in [-0.2, 0) is 4.74 Å². The van der Waals surface area contributed by atoms with Gasteiger partial charge in [-0.15, -0.1) is 0 Å². The number of aromatic nitrogens is 1. The lowest BCUT2D eigenvalue weighted by Crippen LogP contribution is -2.49. The smallest absolute Gasteiger partial charge is 0.272 e. The van der Waals surface area contributed by atoms with Gasteiger partial charge in [-0.1, -0.05) is 12.1 Å². The predicted molar refractivity (Wildman–Crippen MR) is 109 cm³/mol. The Balaban J connectivity index is 1.57. The van der Waals surface area contributed by atoms with Crippen molar-refractivity contribution in [2.24, 2.45) is 0 Å². The SMILES string of the molecule is COCCNc1ccc(C(=O)N2CCN(c3cccc(C)c3C)CC2)nc1. The molecule has 1 amide bonds. The fraction of sp³-hybridized carbons (Fsp3) is 0.429. The van der Waals surface area contributed by atoms with Crippen molar-refractivity contribution in [1.82, 2.24) is 9.88 Å². The summed E-state index contributed by atoms with van der Waals surface area (Å²) in [6.07, 6.45) is 1.70. The second kappa shape index (κ2) is 8.86. The number of nitrogens with zero attached hydrogens (tertiary/aromatic N) is 3. The van der Waals surface area contributed by atoms with E-state index < -0.39 is 0 Å². The van der Waals surface area contributed by atoms with Gasteiger partial charge in [0, 0.05) is 45.5 Å². The molecule has 6 heteroatoms. The third kappa shape index (κ3) is 4.57. The van der Waals surface area contributed by atoms with Crippen molar-refractivity contribution < 1.29 is 9.53 Å². The van der Waals surface area contributed by atoms with Crippen molar-refractivity contribution in [3.63, 3.8) is 0 Å². The molecule has 1 saturated heterocycles. The maximum atomic E-state index is 12.7. The van der Waals surface area contributed by atoms with E-state index in [2.05, 4.69) is 47.2 Å². The molecule has 0 atom stereocenters. The highest BCUT2D eigenvalue weighted by atomic mass is 16.5. The first-order chi connectivity index (χ1) is 13.1. The highest BCUT2D eigenvalue weighted by Crippen LogP contribution is 2.24. The molecule has 2 aromatic rings. The average molecular weight is 368 g/mol. The molecule has 1 aliphatic rings. The van der Waals surface area contributed by atoms with Crippen molar-refractivity contribution in [3.05, 3.63) is 53.3 Å². The second-order valence-corrected chi connectivity index (χ2v) is 6.85. The normalized spacial score (nSPS) is 14.3. The predicted octanol–water partition coefficient (Wildman–Crippen LogP) is 2.72. The van der Waals surface area contributed by atoms with Crippen LogP contribution in [0.3, 0.4) is 0 Å². The fourth-order valence-electron chi connectivity index (χ4n) is 3.31. The van der Waals surface area contributed by atoms with E-state index in [1.807, 2.05) is 11.0 Å². The molecular formula is C21H28N4O2. The summed E-state index contributed by atoms with van der Waals surface area (Å²) in [6, 6.07) is 10.1. The number of aryl methyl sites for hydroxylation is 1. The molecule has 0 bridgehead atoms. The van der Waals surface area contributed by atoms with E-state index in [0.717, 1.165) is 18.8 Å². The molecule has 144 valence electrons. The van der Waals surface area contributed by atoms with Gasteiger partial charge in [0.2, 0.25) is 0 Å². The van der Waals surface area contributed by atoms with Crippen LogP contribution >= 0.6 is 0 Å². The van der Waals surface area contributed by atoms with Crippen LogP contribution in [0.2, 0.25) is 0 Å². The molecule has 6 nitrogen and oxygen atoms in total. The Kier molecular flexibility index (Phi) is 6.29. The number of carbonyl (C=O) groups excluding carboxylic acids is 1. The first-order valence-corrected chi connectivity index (χ1v) is 9.39. The van der Waals surface area contributed by atoms with Crippen molar-refractivity contribution in [3.8, 4) is 0 Å². The Morgan fingerprint density at radius 3 is 2.59 bits per heavy atom. The van der Waals surface area contributed by atoms with Crippen LogP contribution < -0.4 is 10.2 Å². The first-order valence-electron chi connectivity index (χ1n) is 9.39. The van der Waals surface area contributed by atoms with Gasteiger partial charge in [0.05, 0.1) is 18.5 Å². The quantitative estimate of drug-likeness (QED) is 0.795. The fourth-order valence-corrected chi connectivity index (χ4v) is 3.31. The number of anilines is 2. The number of ether oxygens (including phenoxy) is 1. The number of amides is 1. The third-order valence-corrected chi connectivity index (χ3v) is 5.10. The minimum atomic E-state index is -0.000874. The van der Waals surface area contributed by atoms with Gasteiger partial charge in [-0.2, -0.15) is 0 Å². The first kappa shape index (κ1) is 19.2. The summed E-state index contributed by atoms with van der Waals surface area (Å²) in [7, 11) is 1.67. The molecule has 0 saturated carbocycles. The Morgan fingerprint density at radius 2 is 1.93 bits per heavy atom. The molecule has 1 aliphatic heterocycles. The molecule has 2 heterocycles. The minimum Gasteiger partial charge on any atom is -0.383 e. The molecule has 0 radical (unpaired) electrons. The van der Waals surface area contributed by atoms with E-state index >= 15 is 0 Å². The Labute approximate surface area is 161 Å². The number of hydrogen-bond donors (Lipinski definition) is 1. The van der Waals surface area contributed by atoms with Crippen molar-refractivity contribution >= 4 is 17.3 Å². The minimum absolute atomic E-state index is 0.000874. The molecule has 0 spiro atoms. The van der Waals surface area contributed by atoms with E-state index in [1.54, 1.807) is 19.4 Å². The van der Waals surface area contributed by atoms with E-state index in [9.17, 15) is 4.79 Å². The molecule has 0 aliphatic carbocycles. The molecule has 0 unspecified atom stereocenters. The van der Waals surface area contributed by atoms with E-state index in [1.165, 1.54) is 16.8 Å². The van der Waals surface area contributed by atoms with Gasteiger partial charge in [0.15, 0.2) is 0 Å². The zero-order valence-electron chi connectivity index (χ0n) is 16.4. The molecule has 1 aromatic heterocycles. The van der Waals surface area contributed by atoms with Crippen molar-refractivity contribution in [1.29, 1.82) is 0 Å². The van der Waals surface area contributed by atoms with Gasteiger partial charge in [0.25, 0.3) is 5.91 Å². The van der Waals surface area contributed by atoms with Gasteiger partial charge < -0.3 is 19.9 Å². The molecule has 3 rings (SSSR count). The summed E-state index contributed by atoms with van der Waals surface area (Å²) in [6.45, 7) is 8.74. The molecule has 1 N–H and O–H groups in total. The van der Waals surface area contributed by atoms with Crippen LogP contribution in [0.4, 0.5) is 11.4 Å². The van der Waals surface area contributed by atoms with Crippen LogP contribution in [0.15, 0.2) is 36.5 Å². The zero-order chi connectivity index (χ0) is 19.2. The lowest BCUT2D eigenvalue weighted by molar-refractivity contribution is 0.0741. The van der Waals surface area contributed by atoms with Crippen LogP contribution in [0.1, 0.15) is 21.6 Å². The van der Waals surface area contributed by atoms with E-state index in [-0.39, 0.29) is 5.91 Å². The number of carbonyl (C=O) groups is 1. The largest absolute Gasteiger partial charge is 0.383 e. The van der Waals surface area contributed by atoms with Crippen LogP contribution in [0.25, 0.3) is 0 Å². The molecule has 27 heavy (non-hydrogen) atoms. The van der Waals surface area contributed by atoms with Crippen LogP contribution in [0.5, 0.6) is 0 Å². The molecule has 1 fully saturated rings. The standard InChI is InChI=1S/C21H28N4O2/c1-16-5-4-6-20(17(16)2)24-10-12-25(13-11-24)21(26)19-8-7-18(15-23-19)22-9-14-27-3/h4-8,15,22H,9-14H2,1-3H3. The summed E-state index contributed by atoms with van der Waals surface area (Å²) in [5, 5.41) is 3.21. The number of methoxy groups -OCH3 is 1. The van der Waals surface area contributed by atoms with Gasteiger partial charge in [-0.3, -0.25) is 4.79 Å². The highest BCUT2D eigenvalue weighted by Gasteiger charge is 2.23. The molecule has 1 aromatic carbocycles. The highest BCUT2D eigenvalue weighted by molar-refractivity contribution is 5.92. The number of pyridine rings is 1. The summed E-state index contributed by atoms with van der Waals surface area (Å²) in [5.74, 6) is -0.000874. The average Bonchev–Trinajstić information content (AvgIpc) is 2.70. The Morgan fingerprint density at radius 1 is 1.15 bits per heavy atom. The van der Waals surface area contributed by atoms with E-state index in [0.29, 0.717) is 31.9 Å². The monoisotopic (exact) mass is 368 g/mol. The maximum Gasteiger partial charge on any atom is 0.272 e. The third-order valence-electron chi connectivity index (χ3n) is 5.10. The van der Waals surface area contributed by atoms with Gasteiger partial charge in [-0.05, 0) is 43.2 Å². The summed E-state index contributed by atoms with van der Waals surface area (Å²) in [5.41, 5.74) is 5.27. The second-order valence-electron chi connectivity index (χ2n) is 6.85. The summed E-state index contributed by atoms with van der Waals surface area (Å²) in [4.78, 5) is 21.3. The Bertz CT molecular complexity index is 768. The van der Waals surface area contributed by atoms with Crippen molar-refractivity contribution in [2.45, 2.75) is 13.8 Å². The van der Waals surface area contributed by atoms with Gasteiger partial charge >= 0.3 is 0 Å². The van der Waals surface area contributed by atoms with Gasteiger partial charge in [0.1, 0.15) is 5.69 Å². The maximum absolute atomic E-state index is 12.7. The lowest BCUT2D eigenvalue weighted by atomic mass is 10.1. The topological polar surface area (TPSA) is 57.7 Å². The number of benzene rings is 1.